The molecule has 0 amide bonds. The van der Waals surface area contributed by atoms with Crippen LogP contribution in [0.3, 0.4) is 0 Å². The Labute approximate surface area is 109 Å². The number of nitrogens with two attached hydrogens (primary N) is 1. The second kappa shape index (κ2) is 6.60. The summed E-state index contributed by atoms with van der Waals surface area (Å²) in [4.78, 5) is 15.9. The molecule has 0 atom stereocenters. The molecule has 0 aliphatic heterocycles. The number of nitrogens with one attached hydrogen (secondary N) is 1. The first kappa shape index (κ1) is 14.0. The molecule has 9 heteroatoms. The number of aromatic nitrogens is 1. The number of rotatable bonds is 5. The van der Waals surface area contributed by atoms with Gasteiger partial charge in [-0.2, -0.15) is 0 Å². The van der Waals surface area contributed by atoms with Gasteiger partial charge < -0.3 is 16.0 Å². The summed E-state index contributed by atoms with van der Waals surface area (Å²) in [5, 5.41) is 15.1. The van der Waals surface area contributed by atoms with Crippen LogP contribution in [0.25, 0.3) is 0 Å². The van der Waals surface area contributed by atoms with Gasteiger partial charge in [-0.25, -0.2) is 15.1 Å². The van der Waals surface area contributed by atoms with Gasteiger partial charge in [-0.05, 0) is 12.1 Å². The maximum absolute atomic E-state index is 10.0. The average molecular weight is 273 g/mol. The Hall–Kier alpha value is -2.09. The van der Waals surface area contributed by atoms with Crippen molar-refractivity contribution in [2.45, 2.75) is 0 Å². The fraction of sp³-hybridized carbons (Fsp3) is 0.333. The maximum Gasteiger partial charge on any atom is 0.266 e. The first-order valence-corrected chi connectivity index (χ1v) is 5.42. The number of hydrazone groups is 1. The van der Waals surface area contributed by atoms with Crippen molar-refractivity contribution >= 4 is 23.2 Å². The molecule has 0 aliphatic rings. The number of pyridine rings is 1. The quantitative estimate of drug-likeness (QED) is 0.262. The van der Waals surface area contributed by atoms with Crippen molar-refractivity contribution in [3.8, 4) is 0 Å². The van der Waals surface area contributed by atoms with Gasteiger partial charge in [0.15, 0.2) is 5.03 Å². The highest BCUT2D eigenvalue weighted by molar-refractivity contribution is 6.29. The number of likely N-dealkylation sites (N-methyl/N-ethyl adjacent to an activating group) is 1. The van der Waals surface area contributed by atoms with Crippen LogP contribution in [0.1, 0.15) is 0 Å². The summed E-state index contributed by atoms with van der Waals surface area (Å²) in [7, 11) is 1.85. The van der Waals surface area contributed by atoms with Gasteiger partial charge in [0.2, 0.25) is 0 Å². The van der Waals surface area contributed by atoms with Crippen molar-refractivity contribution in [1.29, 1.82) is 0 Å². The molecule has 1 rings (SSSR count). The minimum atomic E-state index is -0.852. The zero-order chi connectivity index (χ0) is 13.5. The minimum Gasteiger partial charge on any atom is -0.372 e. The molecule has 18 heavy (non-hydrogen) atoms. The SMILES string of the molecule is CN(CCN/C(N)=N/[N+](=O)[O-])c1ccc(Cl)nc1. The second-order valence-electron chi connectivity index (χ2n) is 3.41. The van der Waals surface area contributed by atoms with Crippen LogP contribution in [0, 0.1) is 10.1 Å². The Morgan fingerprint density at radius 1 is 1.72 bits per heavy atom. The number of nitrogens with zero attached hydrogens (tertiary/aromatic N) is 4. The average Bonchev–Trinajstić information content (AvgIpc) is 2.28. The molecule has 1 heterocycles. The van der Waals surface area contributed by atoms with E-state index >= 15 is 0 Å². The van der Waals surface area contributed by atoms with Crippen LogP contribution < -0.4 is 16.0 Å². The number of guanidine groups is 1. The van der Waals surface area contributed by atoms with Crippen LogP contribution in [0.5, 0.6) is 0 Å². The van der Waals surface area contributed by atoms with Gasteiger partial charge in [0.05, 0.1) is 11.9 Å². The third-order valence-electron chi connectivity index (χ3n) is 2.10. The Morgan fingerprint density at radius 2 is 2.44 bits per heavy atom. The van der Waals surface area contributed by atoms with E-state index in [1.807, 2.05) is 18.0 Å². The lowest BCUT2D eigenvalue weighted by Gasteiger charge is -2.18. The summed E-state index contributed by atoms with van der Waals surface area (Å²) < 4.78 is 0. The van der Waals surface area contributed by atoms with Gasteiger partial charge in [0, 0.05) is 20.1 Å². The Balaban J connectivity index is 2.40. The lowest BCUT2D eigenvalue weighted by Crippen LogP contribution is -2.38. The van der Waals surface area contributed by atoms with Gasteiger partial charge in [0.1, 0.15) is 10.3 Å². The fourth-order valence-corrected chi connectivity index (χ4v) is 1.31. The van der Waals surface area contributed by atoms with E-state index in [0.717, 1.165) is 5.69 Å². The molecule has 0 aliphatic carbocycles. The molecule has 0 saturated carbocycles. The molecule has 0 bridgehead atoms. The van der Waals surface area contributed by atoms with Crippen molar-refractivity contribution in [1.82, 2.24) is 10.3 Å². The zero-order valence-electron chi connectivity index (χ0n) is 9.71. The molecule has 0 radical (unpaired) electrons. The van der Waals surface area contributed by atoms with Crippen LogP contribution in [-0.2, 0) is 0 Å². The van der Waals surface area contributed by atoms with E-state index in [1.54, 1.807) is 12.3 Å². The van der Waals surface area contributed by atoms with Gasteiger partial charge in [-0.15, -0.1) is 0 Å². The van der Waals surface area contributed by atoms with E-state index < -0.39 is 5.03 Å². The molecule has 0 fully saturated rings. The second-order valence-corrected chi connectivity index (χ2v) is 3.80. The molecule has 3 N–H and O–H groups in total. The van der Waals surface area contributed by atoms with Crippen LogP contribution in [0.2, 0.25) is 5.15 Å². The number of nitro groups is 1. The predicted octanol–water partition coefficient (Wildman–Crippen LogP) is 0.267. The molecule has 8 nitrogen and oxygen atoms in total. The Morgan fingerprint density at radius 3 is 3.00 bits per heavy atom. The Kier molecular flexibility index (Phi) is 5.12. The normalized spacial score (nSPS) is 11.1. The first-order chi connectivity index (χ1) is 8.49. The topological polar surface area (TPSA) is 110 Å². The summed E-state index contributed by atoms with van der Waals surface area (Å²) in [6.07, 6.45) is 1.64. The first-order valence-electron chi connectivity index (χ1n) is 5.04. The summed E-state index contributed by atoms with van der Waals surface area (Å²) in [5.41, 5.74) is 6.15. The maximum atomic E-state index is 10.0. The van der Waals surface area contributed by atoms with Crippen molar-refractivity contribution in [3.05, 3.63) is 33.6 Å². The van der Waals surface area contributed by atoms with E-state index in [-0.39, 0.29) is 5.96 Å². The summed E-state index contributed by atoms with van der Waals surface area (Å²) in [6, 6.07) is 3.51. The van der Waals surface area contributed by atoms with Crippen LogP contribution in [-0.4, -0.2) is 36.1 Å². The molecule has 1 aromatic rings. The van der Waals surface area contributed by atoms with Crippen molar-refractivity contribution < 1.29 is 5.03 Å². The number of anilines is 1. The van der Waals surface area contributed by atoms with Gasteiger partial charge in [0.25, 0.3) is 5.96 Å². The van der Waals surface area contributed by atoms with Crippen molar-refractivity contribution in [3.63, 3.8) is 0 Å². The zero-order valence-corrected chi connectivity index (χ0v) is 10.5. The van der Waals surface area contributed by atoms with Crippen molar-refractivity contribution in [2.75, 3.05) is 25.0 Å². The fourth-order valence-electron chi connectivity index (χ4n) is 1.20. The molecule has 1 aromatic heterocycles. The minimum absolute atomic E-state index is 0.220. The van der Waals surface area contributed by atoms with Crippen LogP contribution >= 0.6 is 11.6 Å². The highest BCUT2D eigenvalue weighted by atomic mass is 35.5. The lowest BCUT2D eigenvalue weighted by atomic mass is 10.4. The molecule has 0 unspecified atom stereocenters. The third kappa shape index (κ3) is 4.83. The highest BCUT2D eigenvalue weighted by Crippen LogP contribution is 2.12. The summed E-state index contributed by atoms with van der Waals surface area (Å²) >= 11 is 5.67. The molecular weight excluding hydrogens is 260 g/mol. The lowest BCUT2D eigenvalue weighted by molar-refractivity contribution is -0.485. The largest absolute Gasteiger partial charge is 0.372 e. The Bertz CT molecular complexity index is 435. The number of halogens is 1. The molecule has 0 aromatic carbocycles. The van der Waals surface area contributed by atoms with E-state index in [0.29, 0.717) is 18.2 Å². The number of hydrogen-bond donors (Lipinski definition) is 2. The van der Waals surface area contributed by atoms with Crippen LogP contribution in [0.15, 0.2) is 23.4 Å². The standard InChI is InChI=1S/C9H13ClN6O2/c1-15(7-2-3-8(10)13-6-7)5-4-12-9(11)14-16(17)18/h2-3,6H,4-5H2,1H3,(H3,11,12,14). The van der Waals surface area contributed by atoms with E-state index in [2.05, 4.69) is 15.4 Å². The van der Waals surface area contributed by atoms with Gasteiger partial charge >= 0.3 is 0 Å². The summed E-state index contributed by atoms with van der Waals surface area (Å²) in [5.74, 6) is -0.220. The van der Waals surface area contributed by atoms with Gasteiger partial charge in [-0.3, -0.25) is 0 Å². The molecule has 0 spiro atoms. The van der Waals surface area contributed by atoms with Crippen molar-refractivity contribution in [2.24, 2.45) is 10.8 Å². The molecular formula is C9H13ClN6O2. The smallest absolute Gasteiger partial charge is 0.266 e. The van der Waals surface area contributed by atoms with E-state index in [1.165, 1.54) is 0 Å². The monoisotopic (exact) mass is 272 g/mol. The van der Waals surface area contributed by atoms with Gasteiger partial charge in [-0.1, -0.05) is 11.6 Å². The highest BCUT2D eigenvalue weighted by Gasteiger charge is 2.02. The number of hydrogen-bond acceptors (Lipinski definition) is 4. The van der Waals surface area contributed by atoms with E-state index in [4.69, 9.17) is 17.3 Å². The van der Waals surface area contributed by atoms with Crippen LogP contribution in [0.4, 0.5) is 5.69 Å². The molecule has 0 saturated heterocycles. The predicted molar refractivity (Wildman–Crippen MR) is 69.1 cm³/mol. The van der Waals surface area contributed by atoms with E-state index in [9.17, 15) is 10.1 Å². The third-order valence-corrected chi connectivity index (χ3v) is 2.32. The molecule has 98 valence electrons. The summed E-state index contributed by atoms with van der Waals surface area (Å²) in [6.45, 7) is 1.000.